The standard InChI is InChI=1S/C32H40N6O3/c1-4-6-10-31(36-28(9-5-2)29-23-26(13-14-33-29)41-20-8-7-19-39)34-25-11-12-27-24(21-25)22-30(35-27)32(40)38-17-15-37(3)16-18-38/h5,7-9,11-14,21-23,35,39H,2,4,6,10,15-20H2,1,3H3,(H,34,36)/b8-7?,28-9-. The van der Waals surface area contributed by atoms with E-state index in [4.69, 9.17) is 14.8 Å². The molecule has 1 saturated heterocycles. The highest BCUT2D eigenvalue weighted by Crippen LogP contribution is 2.24. The lowest BCUT2D eigenvalue weighted by molar-refractivity contribution is 0.0659. The maximum Gasteiger partial charge on any atom is 0.270 e. The predicted molar refractivity (Wildman–Crippen MR) is 166 cm³/mol. The Morgan fingerprint density at radius 3 is 2.78 bits per heavy atom. The number of fused-ring (bicyclic) bond motifs is 1. The number of piperazine rings is 1. The van der Waals surface area contributed by atoms with E-state index in [0.29, 0.717) is 29.4 Å². The van der Waals surface area contributed by atoms with Gasteiger partial charge in [-0.3, -0.25) is 9.78 Å². The van der Waals surface area contributed by atoms with E-state index >= 15 is 0 Å². The Balaban J connectivity index is 1.55. The molecule has 0 spiro atoms. The molecule has 1 aliphatic rings. The van der Waals surface area contributed by atoms with Crippen LogP contribution in [0.1, 0.15) is 42.4 Å². The van der Waals surface area contributed by atoms with E-state index in [0.717, 1.165) is 67.9 Å². The van der Waals surface area contributed by atoms with E-state index in [2.05, 4.69) is 40.7 Å². The second-order valence-electron chi connectivity index (χ2n) is 10.00. The number of rotatable bonds is 12. The molecule has 0 radical (unpaired) electrons. The number of hydrogen-bond donors (Lipinski definition) is 3. The Hall–Kier alpha value is -4.21. The van der Waals surface area contributed by atoms with Crippen LogP contribution in [0.5, 0.6) is 5.75 Å². The number of pyridine rings is 1. The van der Waals surface area contributed by atoms with Crippen LogP contribution >= 0.6 is 0 Å². The summed E-state index contributed by atoms with van der Waals surface area (Å²) in [5.74, 6) is 1.50. The first-order valence-electron chi connectivity index (χ1n) is 14.1. The van der Waals surface area contributed by atoms with Gasteiger partial charge in [0.2, 0.25) is 0 Å². The molecule has 41 heavy (non-hydrogen) atoms. The number of H-pyrrole nitrogens is 1. The molecule has 0 unspecified atom stereocenters. The SMILES string of the molecule is C=C/C=C(\N=C(CCCC)Nc1ccc2[nH]c(C(=O)N3CCN(C)CC3)cc2c1)c1cc(OCC=CCO)ccn1. The Morgan fingerprint density at radius 2 is 2.02 bits per heavy atom. The Bertz CT molecular complexity index is 1420. The first kappa shape index (κ1) is 29.8. The van der Waals surface area contributed by atoms with Gasteiger partial charge in [0.1, 0.15) is 23.9 Å². The van der Waals surface area contributed by atoms with Crippen LogP contribution in [0.2, 0.25) is 0 Å². The molecule has 3 heterocycles. The van der Waals surface area contributed by atoms with Crippen LogP contribution < -0.4 is 10.1 Å². The van der Waals surface area contributed by atoms with Crippen molar-refractivity contribution in [2.75, 3.05) is 51.8 Å². The fraction of sp³-hybridized carbons (Fsp3) is 0.344. The van der Waals surface area contributed by atoms with Gasteiger partial charge in [-0.15, -0.1) is 0 Å². The lowest BCUT2D eigenvalue weighted by Gasteiger charge is -2.32. The van der Waals surface area contributed by atoms with Crippen molar-refractivity contribution < 1.29 is 14.6 Å². The van der Waals surface area contributed by atoms with Crippen LogP contribution in [0, 0.1) is 0 Å². The molecular formula is C32H40N6O3. The molecule has 1 aliphatic heterocycles. The van der Waals surface area contributed by atoms with Gasteiger partial charge in [0.25, 0.3) is 5.91 Å². The number of aliphatic imine (C=N–C) groups is 1. The number of allylic oxidation sites excluding steroid dienone is 2. The lowest BCUT2D eigenvalue weighted by atomic mass is 10.2. The molecule has 1 aromatic carbocycles. The zero-order valence-electron chi connectivity index (χ0n) is 24.0. The minimum absolute atomic E-state index is 0.0215. The molecule has 216 valence electrons. The number of likely N-dealkylation sites (N-methyl/N-ethyl adjacent to an activating group) is 1. The van der Waals surface area contributed by atoms with Gasteiger partial charge in [-0.25, -0.2) is 4.99 Å². The fourth-order valence-corrected chi connectivity index (χ4v) is 4.53. The van der Waals surface area contributed by atoms with Crippen LogP contribution in [-0.4, -0.2) is 83.1 Å². The summed E-state index contributed by atoms with van der Waals surface area (Å²) in [6.07, 6.45) is 11.4. The van der Waals surface area contributed by atoms with Gasteiger partial charge in [0.15, 0.2) is 0 Å². The lowest BCUT2D eigenvalue weighted by Crippen LogP contribution is -2.47. The van der Waals surface area contributed by atoms with E-state index in [1.807, 2.05) is 41.3 Å². The molecule has 0 saturated carbocycles. The monoisotopic (exact) mass is 556 g/mol. The topological polar surface area (TPSA) is 106 Å². The van der Waals surface area contributed by atoms with Gasteiger partial charge in [-0.05, 0) is 56.0 Å². The van der Waals surface area contributed by atoms with E-state index < -0.39 is 0 Å². The molecule has 3 N–H and O–H groups in total. The number of unbranched alkanes of at least 4 members (excludes halogenated alkanes) is 1. The van der Waals surface area contributed by atoms with Crippen LogP contribution in [0.15, 0.2) is 78.5 Å². The molecule has 1 amide bonds. The fourth-order valence-electron chi connectivity index (χ4n) is 4.53. The van der Waals surface area contributed by atoms with Crippen molar-refractivity contribution in [2.24, 2.45) is 4.99 Å². The van der Waals surface area contributed by atoms with Crippen molar-refractivity contribution in [1.29, 1.82) is 0 Å². The minimum atomic E-state index is -0.0215. The van der Waals surface area contributed by atoms with Crippen molar-refractivity contribution in [3.63, 3.8) is 0 Å². The predicted octanol–water partition coefficient (Wildman–Crippen LogP) is 5.11. The van der Waals surface area contributed by atoms with Crippen molar-refractivity contribution in [2.45, 2.75) is 26.2 Å². The quantitative estimate of drug-likeness (QED) is 0.124. The van der Waals surface area contributed by atoms with Gasteiger partial charge in [-0.1, -0.05) is 32.1 Å². The Kier molecular flexibility index (Phi) is 10.9. The number of nitrogens with one attached hydrogen (secondary N) is 2. The molecule has 2 aromatic heterocycles. The summed E-state index contributed by atoms with van der Waals surface area (Å²) < 4.78 is 5.76. The number of amides is 1. The number of carbonyl (C=O) groups is 1. The van der Waals surface area contributed by atoms with Gasteiger partial charge in [-0.2, -0.15) is 0 Å². The van der Waals surface area contributed by atoms with E-state index in [9.17, 15) is 4.79 Å². The van der Waals surface area contributed by atoms with Crippen LogP contribution in [0.3, 0.4) is 0 Å². The van der Waals surface area contributed by atoms with Crippen molar-refractivity contribution in [3.8, 4) is 5.75 Å². The third kappa shape index (κ3) is 8.39. The van der Waals surface area contributed by atoms with Crippen LogP contribution in [0.25, 0.3) is 16.6 Å². The zero-order valence-corrected chi connectivity index (χ0v) is 24.0. The number of aliphatic hydroxyl groups is 1. The van der Waals surface area contributed by atoms with E-state index in [1.165, 1.54) is 0 Å². The summed E-state index contributed by atoms with van der Waals surface area (Å²) in [6, 6.07) is 11.6. The maximum absolute atomic E-state index is 13.1. The number of benzene rings is 1. The highest BCUT2D eigenvalue weighted by molar-refractivity contribution is 6.02. The average molecular weight is 557 g/mol. The number of aliphatic hydroxyl groups excluding tert-OH is 1. The molecule has 0 bridgehead atoms. The first-order chi connectivity index (χ1) is 20.0. The summed E-state index contributed by atoms with van der Waals surface area (Å²) in [5, 5.41) is 13.4. The summed E-state index contributed by atoms with van der Waals surface area (Å²) in [4.78, 5) is 30.0. The summed E-state index contributed by atoms with van der Waals surface area (Å²) >= 11 is 0. The number of hydrogen-bond acceptors (Lipinski definition) is 6. The summed E-state index contributed by atoms with van der Waals surface area (Å²) in [7, 11) is 2.08. The number of carbonyl (C=O) groups excluding carboxylic acids is 1. The Labute approximate surface area is 241 Å². The summed E-state index contributed by atoms with van der Waals surface area (Å²) in [5.41, 5.74) is 3.75. The smallest absolute Gasteiger partial charge is 0.270 e. The molecule has 0 aliphatic carbocycles. The average Bonchev–Trinajstić information content (AvgIpc) is 3.41. The van der Waals surface area contributed by atoms with E-state index in [-0.39, 0.29) is 12.5 Å². The number of aromatic amines is 1. The second kappa shape index (κ2) is 15.0. The van der Waals surface area contributed by atoms with Crippen molar-refractivity contribution in [3.05, 3.63) is 84.9 Å². The van der Waals surface area contributed by atoms with E-state index in [1.54, 1.807) is 30.5 Å². The molecule has 9 nitrogen and oxygen atoms in total. The summed E-state index contributed by atoms with van der Waals surface area (Å²) in [6.45, 7) is 9.59. The first-order valence-corrected chi connectivity index (χ1v) is 14.1. The number of amidine groups is 1. The number of nitrogens with zero attached hydrogens (tertiary/aromatic N) is 4. The molecule has 9 heteroatoms. The number of aromatic nitrogens is 2. The number of ether oxygens (including phenoxy) is 1. The minimum Gasteiger partial charge on any atom is -0.489 e. The second-order valence-corrected chi connectivity index (χ2v) is 10.00. The molecule has 1 fully saturated rings. The van der Waals surface area contributed by atoms with Crippen molar-refractivity contribution in [1.82, 2.24) is 19.8 Å². The highest BCUT2D eigenvalue weighted by atomic mass is 16.5. The highest BCUT2D eigenvalue weighted by Gasteiger charge is 2.21. The Morgan fingerprint density at radius 1 is 1.20 bits per heavy atom. The molecular weight excluding hydrogens is 516 g/mol. The molecule has 4 rings (SSSR count). The molecule has 3 aromatic rings. The molecule has 0 atom stereocenters. The largest absolute Gasteiger partial charge is 0.489 e. The van der Waals surface area contributed by atoms with Crippen molar-refractivity contribution >= 4 is 34.0 Å². The van der Waals surface area contributed by atoms with Gasteiger partial charge in [0, 0.05) is 61.5 Å². The number of anilines is 1. The zero-order chi connectivity index (χ0) is 29.0. The van der Waals surface area contributed by atoms with Gasteiger partial charge in [0.05, 0.1) is 18.0 Å². The van der Waals surface area contributed by atoms with Gasteiger partial charge < -0.3 is 29.9 Å². The van der Waals surface area contributed by atoms with Crippen LogP contribution in [0.4, 0.5) is 5.69 Å². The third-order valence-electron chi connectivity index (χ3n) is 6.84. The van der Waals surface area contributed by atoms with Gasteiger partial charge >= 0.3 is 0 Å². The normalized spacial score (nSPS) is 15.0. The maximum atomic E-state index is 13.1. The third-order valence-corrected chi connectivity index (χ3v) is 6.84. The van der Waals surface area contributed by atoms with Crippen LogP contribution in [-0.2, 0) is 0 Å².